The Kier molecular flexibility index (Phi) is 2.84. The van der Waals surface area contributed by atoms with Crippen LogP contribution in [0.4, 0.5) is 0 Å². The molecule has 3 N–H and O–H groups in total. The molecule has 0 bridgehead atoms. The summed E-state index contributed by atoms with van der Waals surface area (Å²) in [5.41, 5.74) is 5.61. The summed E-state index contributed by atoms with van der Waals surface area (Å²) in [5, 5.41) is 9.36. The number of aliphatic hydroxyl groups excluding tert-OH is 1. The van der Waals surface area contributed by atoms with Crippen LogP contribution in [0.3, 0.4) is 0 Å². The van der Waals surface area contributed by atoms with E-state index in [4.69, 9.17) is 15.2 Å². The van der Waals surface area contributed by atoms with Crippen LogP contribution in [0.2, 0.25) is 0 Å². The fourth-order valence-corrected chi connectivity index (χ4v) is 1.20. The highest BCUT2D eigenvalue weighted by Crippen LogP contribution is 2.18. The van der Waals surface area contributed by atoms with Gasteiger partial charge in [0.1, 0.15) is 0 Å². The van der Waals surface area contributed by atoms with Gasteiger partial charge < -0.3 is 20.3 Å². The van der Waals surface area contributed by atoms with E-state index in [2.05, 4.69) is 0 Å². The number of rotatable bonds is 1. The number of aliphatic hydroxyl groups is 1. The summed E-state index contributed by atoms with van der Waals surface area (Å²) in [5.74, 6) is 0. The largest absolute Gasteiger partial charge is 0.391 e. The topological polar surface area (TPSA) is 64.7 Å². The molecule has 0 spiro atoms. The summed E-state index contributed by atoms with van der Waals surface area (Å²) < 4.78 is 10.3. The molecule has 1 saturated heterocycles. The fourth-order valence-electron chi connectivity index (χ4n) is 1.20. The number of hydrogen-bond acceptors (Lipinski definition) is 4. The molecule has 1 heterocycles. The van der Waals surface area contributed by atoms with Gasteiger partial charge in [-0.25, -0.2) is 0 Å². The smallest absolute Gasteiger partial charge is 0.160 e. The second kappa shape index (κ2) is 3.49. The Bertz CT molecular complexity index is 119. The van der Waals surface area contributed by atoms with Crippen molar-refractivity contribution in [3.8, 4) is 0 Å². The summed E-state index contributed by atoms with van der Waals surface area (Å²) in [6, 6.07) is -0.290. The van der Waals surface area contributed by atoms with Crippen molar-refractivity contribution in [3.63, 3.8) is 0 Å². The SMILES string of the molecule is CO[C@@H]1C[C@H](O)[C@@H](N)[C@@H](C)O1. The number of hydrogen-bond donors (Lipinski definition) is 2. The monoisotopic (exact) mass is 161 g/mol. The number of methoxy groups -OCH3 is 1. The molecule has 0 radical (unpaired) electrons. The molecule has 0 aromatic carbocycles. The average Bonchev–Trinajstić information content (AvgIpc) is 1.99. The Balaban J connectivity index is 2.47. The highest BCUT2D eigenvalue weighted by molar-refractivity contribution is 4.83. The molecule has 4 atom stereocenters. The first kappa shape index (κ1) is 8.93. The van der Waals surface area contributed by atoms with Crippen LogP contribution >= 0.6 is 0 Å². The minimum absolute atomic E-state index is 0.135. The average molecular weight is 161 g/mol. The van der Waals surface area contributed by atoms with Crippen LogP contribution in [0, 0.1) is 0 Å². The third-order valence-corrected chi connectivity index (χ3v) is 2.05. The van der Waals surface area contributed by atoms with Gasteiger partial charge in [-0.1, -0.05) is 0 Å². The predicted molar refractivity (Wildman–Crippen MR) is 39.9 cm³/mol. The lowest BCUT2D eigenvalue weighted by atomic mass is 10.0. The Morgan fingerprint density at radius 2 is 2.27 bits per heavy atom. The van der Waals surface area contributed by atoms with Crippen LogP contribution in [-0.2, 0) is 9.47 Å². The van der Waals surface area contributed by atoms with Crippen LogP contribution in [0.15, 0.2) is 0 Å². The minimum Gasteiger partial charge on any atom is -0.391 e. The van der Waals surface area contributed by atoms with Gasteiger partial charge in [-0.2, -0.15) is 0 Å². The van der Waals surface area contributed by atoms with Crippen LogP contribution < -0.4 is 5.73 Å². The lowest BCUT2D eigenvalue weighted by molar-refractivity contribution is -0.205. The molecule has 1 aliphatic rings. The molecule has 0 unspecified atom stereocenters. The first-order valence-corrected chi connectivity index (χ1v) is 3.77. The Hall–Kier alpha value is -0.160. The van der Waals surface area contributed by atoms with E-state index in [0.29, 0.717) is 6.42 Å². The van der Waals surface area contributed by atoms with E-state index in [-0.39, 0.29) is 18.4 Å². The van der Waals surface area contributed by atoms with Crippen molar-refractivity contribution >= 4 is 0 Å². The van der Waals surface area contributed by atoms with Crippen molar-refractivity contribution in [1.82, 2.24) is 0 Å². The molecule has 0 aliphatic carbocycles. The summed E-state index contributed by atoms with van der Waals surface area (Å²) in [4.78, 5) is 0. The Morgan fingerprint density at radius 3 is 2.73 bits per heavy atom. The van der Waals surface area contributed by atoms with E-state index >= 15 is 0 Å². The van der Waals surface area contributed by atoms with E-state index in [1.165, 1.54) is 0 Å². The van der Waals surface area contributed by atoms with Crippen LogP contribution in [0.1, 0.15) is 13.3 Å². The van der Waals surface area contributed by atoms with Crippen molar-refractivity contribution in [3.05, 3.63) is 0 Å². The third-order valence-electron chi connectivity index (χ3n) is 2.05. The summed E-state index contributed by atoms with van der Waals surface area (Å²) >= 11 is 0. The van der Waals surface area contributed by atoms with Gasteiger partial charge in [0.15, 0.2) is 6.29 Å². The van der Waals surface area contributed by atoms with E-state index in [9.17, 15) is 5.11 Å². The lowest BCUT2D eigenvalue weighted by Gasteiger charge is -2.35. The first-order chi connectivity index (χ1) is 5.15. The molecular weight excluding hydrogens is 146 g/mol. The molecule has 0 aromatic heterocycles. The maximum atomic E-state index is 9.36. The molecule has 1 aliphatic heterocycles. The van der Waals surface area contributed by atoms with Crippen LogP contribution in [0.5, 0.6) is 0 Å². The van der Waals surface area contributed by atoms with Crippen molar-refractivity contribution in [2.75, 3.05) is 7.11 Å². The van der Waals surface area contributed by atoms with Gasteiger partial charge in [-0.05, 0) is 6.92 Å². The van der Waals surface area contributed by atoms with E-state index in [0.717, 1.165) is 0 Å². The van der Waals surface area contributed by atoms with E-state index < -0.39 is 6.10 Å². The predicted octanol–water partition coefficient (Wildman–Crippen LogP) is -0.544. The van der Waals surface area contributed by atoms with Crippen LogP contribution in [0.25, 0.3) is 0 Å². The molecule has 66 valence electrons. The molecule has 0 saturated carbocycles. The molecule has 4 nitrogen and oxygen atoms in total. The molecule has 0 amide bonds. The zero-order chi connectivity index (χ0) is 8.43. The second-order valence-electron chi connectivity index (χ2n) is 2.89. The highest BCUT2D eigenvalue weighted by atomic mass is 16.7. The van der Waals surface area contributed by atoms with Gasteiger partial charge in [0.05, 0.1) is 18.2 Å². The maximum Gasteiger partial charge on any atom is 0.160 e. The molecule has 0 aromatic rings. The van der Waals surface area contributed by atoms with Gasteiger partial charge in [0.2, 0.25) is 0 Å². The molecular formula is C7H15NO3. The van der Waals surface area contributed by atoms with Gasteiger partial charge in [0.25, 0.3) is 0 Å². The molecule has 4 heteroatoms. The molecule has 11 heavy (non-hydrogen) atoms. The fraction of sp³-hybridized carbons (Fsp3) is 1.00. The maximum absolute atomic E-state index is 9.36. The normalized spacial score (nSPS) is 45.8. The Morgan fingerprint density at radius 1 is 1.64 bits per heavy atom. The van der Waals surface area contributed by atoms with E-state index in [1.807, 2.05) is 6.92 Å². The van der Waals surface area contributed by atoms with Crippen molar-refractivity contribution < 1.29 is 14.6 Å². The van der Waals surface area contributed by atoms with Crippen LogP contribution in [-0.4, -0.2) is 36.8 Å². The summed E-state index contributed by atoms with van der Waals surface area (Å²) in [7, 11) is 1.56. The molecule has 1 rings (SSSR count). The van der Waals surface area contributed by atoms with Gasteiger partial charge in [-0.3, -0.25) is 0 Å². The summed E-state index contributed by atoms with van der Waals surface area (Å²) in [6.45, 7) is 1.83. The number of ether oxygens (including phenoxy) is 2. The van der Waals surface area contributed by atoms with Gasteiger partial charge >= 0.3 is 0 Å². The Labute approximate surface area is 66.3 Å². The van der Waals surface area contributed by atoms with Gasteiger partial charge in [0, 0.05) is 13.5 Å². The van der Waals surface area contributed by atoms with Crippen molar-refractivity contribution in [1.29, 1.82) is 0 Å². The first-order valence-electron chi connectivity index (χ1n) is 3.77. The van der Waals surface area contributed by atoms with E-state index in [1.54, 1.807) is 7.11 Å². The second-order valence-corrected chi connectivity index (χ2v) is 2.89. The van der Waals surface area contributed by atoms with Crippen molar-refractivity contribution in [2.24, 2.45) is 5.73 Å². The molecule has 1 fully saturated rings. The quantitative estimate of drug-likeness (QED) is 0.542. The highest BCUT2D eigenvalue weighted by Gasteiger charge is 2.32. The summed E-state index contributed by atoms with van der Waals surface area (Å²) in [6.07, 6.45) is -0.491. The zero-order valence-corrected chi connectivity index (χ0v) is 6.86. The standard InChI is InChI=1S/C7H15NO3/c1-4-7(8)5(9)3-6(10-2)11-4/h4-7,9H,3,8H2,1-2H3/t4-,5+,6+,7+/m1/s1. The van der Waals surface area contributed by atoms with Crippen molar-refractivity contribution in [2.45, 2.75) is 37.9 Å². The van der Waals surface area contributed by atoms with Gasteiger partial charge in [-0.15, -0.1) is 0 Å². The third kappa shape index (κ3) is 1.90. The lowest BCUT2D eigenvalue weighted by Crippen LogP contribution is -2.52. The zero-order valence-electron chi connectivity index (χ0n) is 6.86. The number of nitrogens with two attached hydrogens (primary N) is 1. The minimum atomic E-state index is -0.510.